The van der Waals surface area contributed by atoms with E-state index in [0.29, 0.717) is 11.3 Å². The molecule has 0 radical (unpaired) electrons. The molecule has 3 aromatic rings. The van der Waals surface area contributed by atoms with E-state index in [2.05, 4.69) is 0 Å². The van der Waals surface area contributed by atoms with Gasteiger partial charge < -0.3 is 14.2 Å². The van der Waals surface area contributed by atoms with Gasteiger partial charge in [-0.3, -0.25) is 9.59 Å². The Morgan fingerprint density at radius 2 is 1.56 bits per heavy atom. The number of furan rings is 1. The zero-order valence-corrected chi connectivity index (χ0v) is 19.0. The lowest BCUT2D eigenvalue weighted by Gasteiger charge is -2.30. The molecule has 168 valence electrons. The lowest BCUT2D eigenvalue weighted by Crippen LogP contribution is -2.45. The van der Waals surface area contributed by atoms with Crippen LogP contribution in [0.5, 0.6) is 0 Å². The summed E-state index contributed by atoms with van der Waals surface area (Å²) in [4.78, 5) is 29.7. The van der Waals surface area contributed by atoms with Crippen LogP contribution in [0, 0.1) is 19.7 Å². The Labute approximate surface area is 188 Å². The highest BCUT2D eigenvalue weighted by Crippen LogP contribution is 2.16. The van der Waals surface area contributed by atoms with Gasteiger partial charge in [-0.1, -0.05) is 29.8 Å². The number of halogens is 1. The summed E-state index contributed by atoms with van der Waals surface area (Å²) in [6.07, 6.45) is 0. The minimum absolute atomic E-state index is 0.0642. The molecule has 0 saturated heterocycles. The molecule has 32 heavy (non-hydrogen) atoms. The zero-order chi connectivity index (χ0) is 23.3. The molecule has 1 aromatic heterocycles. The smallest absolute Gasteiger partial charge is 0.254 e. The van der Waals surface area contributed by atoms with E-state index in [1.807, 2.05) is 52.0 Å². The summed E-state index contributed by atoms with van der Waals surface area (Å²) >= 11 is 0. The Morgan fingerprint density at radius 1 is 0.906 bits per heavy atom. The molecule has 1 heterocycles. The second-order valence-corrected chi connectivity index (χ2v) is 8.28. The fraction of sp³-hybridized carbons (Fsp3) is 0.308. The van der Waals surface area contributed by atoms with E-state index in [-0.39, 0.29) is 43.3 Å². The van der Waals surface area contributed by atoms with E-state index in [9.17, 15) is 14.0 Å². The van der Waals surface area contributed by atoms with Gasteiger partial charge >= 0.3 is 0 Å². The molecule has 0 N–H and O–H groups in total. The van der Waals surface area contributed by atoms with E-state index in [1.165, 1.54) is 12.1 Å². The first kappa shape index (κ1) is 23.3. The molecule has 2 aromatic carbocycles. The van der Waals surface area contributed by atoms with Crippen molar-refractivity contribution in [2.24, 2.45) is 0 Å². The van der Waals surface area contributed by atoms with Crippen molar-refractivity contribution in [1.82, 2.24) is 9.80 Å². The summed E-state index contributed by atoms with van der Waals surface area (Å²) in [5, 5.41) is 0. The van der Waals surface area contributed by atoms with Crippen LogP contribution < -0.4 is 0 Å². The summed E-state index contributed by atoms with van der Waals surface area (Å²) < 4.78 is 19.0. The van der Waals surface area contributed by atoms with Crippen LogP contribution in [0.1, 0.15) is 46.9 Å². The van der Waals surface area contributed by atoms with Gasteiger partial charge in [0, 0.05) is 18.2 Å². The van der Waals surface area contributed by atoms with Gasteiger partial charge in [-0.15, -0.1) is 0 Å². The minimum Gasteiger partial charge on any atom is -0.464 e. The van der Waals surface area contributed by atoms with Crippen molar-refractivity contribution >= 4 is 11.8 Å². The maximum absolute atomic E-state index is 13.3. The Hall–Kier alpha value is -3.41. The highest BCUT2D eigenvalue weighted by Gasteiger charge is 2.25. The Kier molecular flexibility index (Phi) is 7.46. The van der Waals surface area contributed by atoms with E-state index in [0.717, 1.165) is 16.9 Å². The monoisotopic (exact) mass is 436 g/mol. The highest BCUT2D eigenvalue weighted by atomic mass is 19.1. The molecular weight excluding hydrogens is 407 g/mol. The third kappa shape index (κ3) is 6.06. The van der Waals surface area contributed by atoms with Gasteiger partial charge in [-0.05, 0) is 69.7 Å². The molecule has 0 fully saturated rings. The third-order valence-corrected chi connectivity index (χ3v) is 5.27. The van der Waals surface area contributed by atoms with Crippen molar-refractivity contribution < 1.29 is 18.4 Å². The third-order valence-electron chi connectivity index (χ3n) is 5.27. The van der Waals surface area contributed by atoms with Crippen molar-refractivity contribution in [3.8, 4) is 0 Å². The maximum Gasteiger partial charge on any atom is 0.254 e. The normalized spacial score (nSPS) is 10.9. The number of carbonyl (C=O) groups is 2. The largest absolute Gasteiger partial charge is 0.464 e. The molecule has 0 aliphatic heterocycles. The average molecular weight is 437 g/mol. The van der Waals surface area contributed by atoms with Crippen molar-refractivity contribution in [2.45, 2.75) is 46.8 Å². The second-order valence-electron chi connectivity index (χ2n) is 8.28. The molecule has 0 unspecified atom stereocenters. The predicted molar refractivity (Wildman–Crippen MR) is 121 cm³/mol. The number of amides is 2. The number of carbonyl (C=O) groups excluding carboxylic acids is 2. The standard InChI is InChI=1S/C26H29FN2O3/c1-18(2)29(26(31)22-10-5-19(3)6-11-22)17-25(30)28(16-24-14-7-20(4)32-24)15-21-8-12-23(27)13-9-21/h5-14,18H,15-17H2,1-4H3. The molecule has 0 spiro atoms. The first-order valence-electron chi connectivity index (χ1n) is 10.7. The molecule has 0 atom stereocenters. The molecule has 0 bridgehead atoms. The van der Waals surface area contributed by atoms with Gasteiger partial charge in [0.2, 0.25) is 5.91 Å². The fourth-order valence-electron chi connectivity index (χ4n) is 3.40. The van der Waals surface area contributed by atoms with Crippen molar-refractivity contribution in [3.05, 3.63) is 94.7 Å². The lowest BCUT2D eigenvalue weighted by atomic mass is 10.1. The number of hydrogen-bond acceptors (Lipinski definition) is 3. The number of nitrogens with zero attached hydrogens (tertiary/aromatic N) is 2. The lowest BCUT2D eigenvalue weighted by molar-refractivity contribution is -0.133. The Balaban J connectivity index is 1.81. The number of rotatable bonds is 8. The first-order chi connectivity index (χ1) is 15.2. The molecule has 2 amide bonds. The van der Waals surface area contributed by atoms with Crippen LogP contribution in [0.4, 0.5) is 4.39 Å². The SMILES string of the molecule is Cc1ccc(C(=O)N(CC(=O)N(Cc2ccc(F)cc2)Cc2ccc(C)o2)C(C)C)cc1. The molecule has 3 rings (SSSR count). The van der Waals surface area contributed by atoms with Crippen molar-refractivity contribution in [1.29, 1.82) is 0 Å². The molecule has 6 heteroatoms. The topological polar surface area (TPSA) is 53.8 Å². The predicted octanol–water partition coefficient (Wildman–Crippen LogP) is 5.12. The van der Waals surface area contributed by atoms with Crippen LogP contribution in [0.3, 0.4) is 0 Å². The van der Waals surface area contributed by atoms with Crippen molar-refractivity contribution in [3.63, 3.8) is 0 Å². The van der Waals surface area contributed by atoms with Gasteiger partial charge in [0.15, 0.2) is 0 Å². The van der Waals surface area contributed by atoms with Gasteiger partial charge in [0.1, 0.15) is 23.9 Å². The Bertz CT molecular complexity index is 1060. The number of hydrogen-bond donors (Lipinski definition) is 0. The zero-order valence-electron chi connectivity index (χ0n) is 19.0. The van der Waals surface area contributed by atoms with E-state index < -0.39 is 0 Å². The van der Waals surface area contributed by atoms with Crippen molar-refractivity contribution in [2.75, 3.05) is 6.54 Å². The molecule has 0 aliphatic carbocycles. The van der Waals surface area contributed by atoms with Crippen LogP contribution in [-0.4, -0.2) is 34.2 Å². The summed E-state index contributed by atoms with van der Waals surface area (Å²) in [7, 11) is 0. The maximum atomic E-state index is 13.3. The van der Waals surface area contributed by atoms with Crippen LogP contribution in [0.15, 0.2) is 65.1 Å². The Morgan fingerprint density at radius 3 is 2.12 bits per heavy atom. The fourth-order valence-corrected chi connectivity index (χ4v) is 3.40. The van der Waals surface area contributed by atoms with E-state index in [4.69, 9.17) is 4.42 Å². The van der Waals surface area contributed by atoms with Gasteiger partial charge in [-0.2, -0.15) is 0 Å². The van der Waals surface area contributed by atoms with Gasteiger partial charge in [-0.25, -0.2) is 4.39 Å². The first-order valence-corrected chi connectivity index (χ1v) is 10.7. The van der Waals surface area contributed by atoms with E-state index >= 15 is 0 Å². The van der Waals surface area contributed by atoms with E-state index in [1.54, 1.807) is 34.1 Å². The summed E-state index contributed by atoms with van der Waals surface area (Å²) in [6, 6.07) is 16.9. The van der Waals surface area contributed by atoms with Crippen LogP contribution in [-0.2, 0) is 17.9 Å². The number of benzene rings is 2. The minimum atomic E-state index is -0.331. The number of aryl methyl sites for hydroxylation is 2. The van der Waals surface area contributed by atoms with Gasteiger partial charge in [0.05, 0.1) is 6.54 Å². The average Bonchev–Trinajstić information content (AvgIpc) is 3.17. The quantitative estimate of drug-likeness (QED) is 0.493. The van der Waals surface area contributed by atoms with Crippen LogP contribution >= 0.6 is 0 Å². The van der Waals surface area contributed by atoms with Gasteiger partial charge in [0.25, 0.3) is 5.91 Å². The second kappa shape index (κ2) is 10.3. The summed E-state index contributed by atoms with van der Waals surface area (Å²) in [6.45, 7) is 8.06. The molecular formula is C26H29FN2O3. The van der Waals surface area contributed by atoms with Crippen LogP contribution in [0.2, 0.25) is 0 Å². The molecule has 0 saturated carbocycles. The summed E-state index contributed by atoms with van der Waals surface area (Å²) in [5.74, 6) is 0.677. The summed E-state index contributed by atoms with van der Waals surface area (Å²) in [5.41, 5.74) is 2.40. The van der Waals surface area contributed by atoms with Crippen LogP contribution in [0.25, 0.3) is 0 Å². The molecule has 0 aliphatic rings. The highest BCUT2D eigenvalue weighted by molar-refractivity contribution is 5.96. The molecule has 5 nitrogen and oxygen atoms in total.